The molecule has 0 radical (unpaired) electrons. The molecule has 23 heavy (non-hydrogen) atoms. The highest BCUT2D eigenvalue weighted by Gasteiger charge is 2.18. The maximum absolute atomic E-state index is 12.1. The summed E-state index contributed by atoms with van der Waals surface area (Å²) in [6.45, 7) is 5.25. The number of rotatable bonds is 8. The van der Waals surface area contributed by atoms with Crippen molar-refractivity contribution in [2.75, 3.05) is 38.3 Å². The molecule has 0 spiro atoms. The Kier molecular flexibility index (Phi) is 10.7. The molecule has 0 saturated carbocycles. The van der Waals surface area contributed by atoms with E-state index >= 15 is 0 Å². The third-order valence-corrected chi connectivity index (χ3v) is 4.35. The van der Waals surface area contributed by atoms with Crippen molar-refractivity contribution >= 4 is 41.7 Å². The smallest absolute Gasteiger partial charge is 0.235 e. The first-order valence-corrected chi connectivity index (χ1v) is 8.36. The largest absolute Gasteiger partial charge is 0.344 e. The average Bonchev–Trinajstić information content (AvgIpc) is 2.51. The summed E-state index contributed by atoms with van der Waals surface area (Å²) in [5.74, 6) is 0.218. The van der Waals surface area contributed by atoms with Crippen LogP contribution in [0.1, 0.15) is 12.5 Å². The quantitative estimate of drug-likeness (QED) is 0.746. The fraction of sp³-hybridized carbons (Fsp3) is 0.500. The van der Waals surface area contributed by atoms with Gasteiger partial charge in [0, 0.05) is 25.8 Å². The Hall–Kier alpha value is -1.24. The van der Waals surface area contributed by atoms with Gasteiger partial charge in [0.2, 0.25) is 11.8 Å². The van der Waals surface area contributed by atoms with Crippen molar-refractivity contribution in [2.45, 2.75) is 19.1 Å². The molecule has 0 aliphatic heterocycles. The van der Waals surface area contributed by atoms with Crippen LogP contribution in [-0.2, 0) is 9.59 Å². The lowest BCUT2D eigenvalue weighted by atomic mass is 10.2. The number of nitrogens with zero attached hydrogens (tertiary/aromatic N) is 1. The highest BCUT2D eigenvalue weighted by molar-refractivity contribution is 8.01. The molecule has 0 heterocycles. The second-order valence-corrected chi connectivity index (χ2v) is 6.56. The molecule has 1 rings (SSSR count). The third kappa shape index (κ3) is 8.25. The van der Waals surface area contributed by atoms with Crippen LogP contribution < -0.4 is 10.6 Å². The second kappa shape index (κ2) is 11.3. The zero-order valence-electron chi connectivity index (χ0n) is 14.1. The lowest BCUT2D eigenvalue weighted by molar-refractivity contribution is -0.128. The Morgan fingerprint density at radius 1 is 1.26 bits per heavy atom. The van der Waals surface area contributed by atoms with Gasteiger partial charge in [-0.05, 0) is 33.0 Å². The number of anilines is 1. The molecule has 7 heteroatoms. The Balaban J connectivity index is 0.00000484. The molecule has 0 aliphatic rings. The predicted molar refractivity (Wildman–Crippen MR) is 101 cm³/mol. The van der Waals surface area contributed by atoms with E-state index in [4.69, 9.17) is 0 Å². The Morgan fingerprint density at radius 3 is 2.43 bits per heavy atom. The molecule has 1 atom stereocenters. The van der Waals surface area contributed by atoms with Gasteiger partial charge in [0.1, 0.15) is 0 Å². The van der Waals surface area contributed by atoms with Gasteiger partial charge >= 0.3 is 0 Å². The lowest BCUT2D eigenvalue weighted by Gasteiger charge is -2.20. The molecular formula is C16H26ClN3O2S. The maximum atomic E-state index is 12.1. The maximum Gasteiger partial charge on any atom is 0.235 e. The van der Waals surface area contributed by atoms with Crippen molar-refractivity contribution in [1.82, 2.24) is 10.2 Å². The molecule has 130 valence electrons. The summed E-state index contributed by atoms with van der Waals surface area (Å²) in [5, 5.41) is 5.61. The van der Waals surface area contributed by atoms with Gasteiger partial charge < -0.3 is 15.5 Å². The number of hydrogen-bond acceptors (Lipinski definition) is 4. The zero-order chi connectivity index (χ0) is 16.5. The molecule has 5 nitrogen and oxygen atoms in total. The summed E-state index contributed by atoms with van der Waals surface area (Å²) in [5.41, 5.74) is 1.93. The van der Waals surface area contributed by atoms with Gasteiger partial charge in [0.05, 0.1) is 11.0 Å². The summed E-state index contributed by atoms with van der Waals surface area (Å²) in [6.07, 6.45) is 0. The van der Waals surface area contributed by atoms with Gasteiger partial charge in [-0.15, -0.1) is 24.2 Å². The van der Waals surface area contributed by atoms with E-state index in [1.807, 2.05) is 45.2 Å². The topological polar surface area (TPSA) is 61.4 Å². The first kappa shape index (κ1) is 21.8. The van der Waals surface area contributed by atoms with Crippen molar-refractivity contribution in [3.05, 3.63) is 29.8 Å². The van der Waals surface area contributed by atoms with E-state index in [2.05, 4.69) is 10.6 Å². The lowest BCUT2D eigenvalue weighted by Crippen LogP contribution is -2.37. The van der Waals surface area contributed by atoms with Gasteiger partial charge in [0.15, 0.2) is 0 Å². The minimum atomic E-state index is -0.231. The Bertz CT molecular complexity index is 497. The van der Waals surface area contributed by atoms with Crippen molar-refractivity contribution in [3.8, 4) is 0 Å². The fourth-order valence-electron chi connectivity index (χ4n) is 1.81. The van der Waals surface area contributed by atoms with E-state index in [-0.39, 0.29) is 35.2 Å². The van der Waals surface area contributed by atoms with E-state index < -0.39 is 0 Å². The van der Waals surface area contributed by atoms with E-state index in [1.54, 1.807) is 11.9 Å². The number of halogens is 1. The molecule has 1 unspecified atom stereocenters. The first-order chi connectivity index (χ1) is 10.4. The number of carbonyl (C=O) groups excluding carboxylic acids is 2. The van der Waals surface area contributed by atoms with Crippen LogP contribution in [0.2, 0.25) is 0 Å². The summed E-state index contributed by atoms with van der Waals surface area (Å²) in [6, 6.07) is 7.65. The summed E-state index contributed by atoms with van der Waals surface area (Å²) in [4.78, 5) is 25.7. The van der Waals surface area contributed by atoms with E-state index in [0.717, 1.165) is 17.8 Å². The second-order valence-electron chi connectivity index (χ2n) is 5.23. The van der Waals surface area contributed by atoms with Gasteiger partial charge in [-0.25, -0.2) is 0 Å². The van der Waals surface area contributed by atoms with Crippen LogP contribution in [0.15, 0.2) is 24.3 Å². The highest BCUT2D eigenvalue weighted by Crippen LogP contribution is 2.14. The fourth-order valence-corrected chi connectivity index (χ4v) is 2.60. The zero-order valence-corrected chi connectivity index (χ0v) is 15.7. The monoisotopic (exact) mass is 359 g/mol. The van der Waals surface area contributed by atoms with Crippen molar-refractivity contribution < 1.29 is 9.59 Å². The standard InChI is InChI=1S/C16H25N3O2S.ClH/c1-12-5-7-14(8-6-12)18-15(20)11-22-13(2)16(21)19(4)10-9-17-3;/h5-8,13,17H,9-11H2,1-4H3,(H,18,20);1H. The van der Waals surface area contributed by atoms with Crippen LogP contribution in [0.5, 0.6) is 0 Å². The minimum absolute atomic E-state index is 0. The molecule has 0 aromatic heterocycles. The first-order valence-electron chi connectivity index (χ1n) is 7.31. The van der Waals surface area contributed by atoms with E-state index in [1.165, 1.54) is 11.8 Å². The number of nitrogens with one attached hydrogen (secondary N) is 2. The molecule has 2 N–H and O–H groups in total. The van der Waals surface area contributed by atoms with Gasteiger partial charge in [0.25, 0.3) is 0 Å². The number of thioether (sulfide) groups is 1. The molecule has 1 aromatic rings. The number of likely N-dealkylation sites (N-methyl/N-ethyl adjacent to an activating group) is 2. The predicted octanol–water partition coefficient (Wildman–Crippen LogP) is 2.15. The SMILES string of the molecule is CNCCN(C)C(=O)C(C)SCC(=O)Nc1ccc(C)cc1.Cl. The van der Waals surface area contributed by atoms with Crippen LogP contribution in [0.25, 0.3) is 0 Å². The van der Waals surface area contributed by atoms with Crippen LogP contribution in [0.3, 0.4) is 0 Å². The summed E-state index contributed by atoms with van der Waals surface area (Å²) in [7, 11) is 3.63. The van der Waals surface area contributed by atoms with Crippen molar-refractivity contribution in [1.29, 1.82) is 0 Å². The van der Waals surface area contributed by atoms with Gasteiger partial charge in [-0.1, -0.05) is 17.7 Å². The molecular weight excluding hydrogens is 334 g/mol. The normalized spacial score (nSPS) is 11.3. The molecule has 0 saturated heterocycles. The number of hydrogen-bond donors (Lipinski definition) is 2. The van der Waals surface area contributed by atoms with Crippen LogP contribution >= 0.6 is 24.2 Å². The van der Waals surface area contributed by atoms with E-state index in [9.17, 15) is 9.59 Å². The van der Waals surface area contributed by atoms with Crippen molar-refractivity contribution in [3.63, 3.8) is 0 Å². The highest BCUT2D eigenvalue weighted by atomic mass is 35.5. The average molecular weight is 360 g/mol. The Labute approximate surface area is 149 Å². The van der Waals surface area contributed by atoms with Crippen LogP contribution in [0, 0.1) is 6.92 Å². The van der Waals surface area contributed by atoms with Gasteiger partial charge in [-0.2, -0.15) is 0 Å². The molecule has 1 aromatic carbocycles. The third-order valence-electron chi connectivity index (χ3n) is 3.22. The molecule has 2 amide bonds. The number of carbonyl (C=O) groups is 2. The van der Waals surface area contributed by atoms with Gasteiger partial charge in [-0.3, -0.25) is 9.59 Å². The molecule has 0 bridgehead atoms. The number of benzene rings is 1. The molecule has 0 fully saturated rings. The molecule has 0 aliphatic carbocycles. The number of aryl methyl sites for hydroxylation is 1. The Morgan fingerprint density at radius 2 is 1.87 bits per heavy atom. The van der Waals surface area contributed by atoms with E-state index in [0.29, 0.717) is 6.54 Å². The minimum Gasteiger partial charge on any atom is -0.344 e. The van der Waals surface area contributed by atoms with Crippen LogP contribution in [-0.4, -0.2) is 54.9 Å². The van der Waals surface area contributed by atoms with Crippen molar-refractivity contribution in [2.24, 2.45) is 0 Å². The summed E-state index contributed by atoms with van der Waals surface area (Å²) >= 11 is 1.35. The summed E-state index contributed by atoms with van der Waals surface area (Å²) < 4.78 is 0. The number of amides is 2. The van der Waals surface area contributed by atoms with Crippen LogP contribution in [0.4, 0.5) is 5.69 Å².